The van der Waals surface area contributed by atoms with E-state index >= 15 is 0 Å². The van der Waals surface area contributed by atoms with Crippen molar-refractivity contribution in [2.75, 3.05) is 23.7 Å². The van der Waals surface area contributed by atoms with E-state index < -0.39 is 0 Å². The number of hydrogen-bond acceptors (Lipinski definition) is 4. The molecule has 2 N–H and O–H groups in total. The maximum absolute atomic E-state index is 4.33. The molecule has 24 heavy (non-hydrogen) atoms. The first kappa shape index (κ1) is 17.0. The lowest BCUT2D eigenvalue weighted by atomic mass is 9.97. The van der Waals surface area contributed by atoms with Gasteiger partial charge in [0.25, 0.3) is 0 Å². The van der Waals surface area contributed by atoms with E-state index in [2.05, 4.69) is 32.8 Å². The van der Waals surface area contributed by atoms with E-state index in [9.17, 15) is 0 Å². The van der Waals surface area contributed by atoms with Crippen molar-refractivity contribution >= 4 is 11.6 Å². The maximum Gasteiger partial charge on any atom is 0.131 e. The molecule has 0 radical (unpaired) electrons. The smallest absolute Gasteiger partial charge is 0.131 e. The van der Waals surface area contributed by atoms with Crippen molar-refractivity contribution in [2.45, 2.75) is 64.2 Å². The zero-order valence-electron chi connectivity index (χ0n) is 14.7. The predicted molar refractivity (Wildman–Crippen MR) is 101 cm³/mol. The topological polar surface area (TPSA) is 49.8 Å². The third-order valence-corrected chi connectivity index (χ3v) is 4.94. The zero-order valence-corrected chi connectivity index (χ0v) is 14.7. The first-order chi connectivity index (χ1) is 11.9. The summed E-state index contributed by atoms with van der Waals surface area (Å²) in [6.07, 6.45) is 19.2. The highest BCUT2D eigenvalue weighted by Crippen LogP contribution is 2.21. The average Bonchev–Trinajstić information content (AvgIpc) is 2.64. The Bertz CT molecular complexity index is 530. The molecule has 0 bridgehead atoms. The Morgan fingerprint density at radius 1 is 0.750 bits per heavy atom. The summed E-state index contributed by atoms with van der Waals surface area (Å²) in [5, 5.41) is 6.86. The fourth-order valence-electron chi connectivity index (χ4n) is 3.52. The normalized spacial score (nSPS) is 17.8. The van der Waals surface area contributed by atoms with Gasteiger partial charge in [0.05, 0.1) is 0 Å². The van der Waals surface area contributed by atoms with Crippen LogP contribution >= 0.6 is 0 Å². The molecule has 2 aliphatic rings. The maximum atomic E-state index is 4.33. The average molecular weight is 326 g/mol. The van der Waals surface area contributed by atoms with E-state index in [4.69, 9.17) is 0 Å². The van der Waals surface area contributed by atoms with Crippen LogP contribution in [0.1, 0.15) is 64.2 Å². The molecule has 1 aromatic rings. The second kappa shape index (κ2) is 9.45. The van der Waals surface area contributed by atoms with Crippen molar-refractivity contribution in [3.63, 3.8) is 0 Å². The molecule has 0 amide bonds. The van der Waals surface area contributed by atoms with Gasteiger partial charge in [-0.2, -0.15) is 0 Å². The van der Waals surface area contributed by atoms with Gasteiger partial charge >= 0.3 is 0 Å². The monoisotopic (exact) mass is 326 g/mol. The quantitative estimate of drug-likeness (QED) is 0.654. The Hall–Kier alpha value is -1.84. The number of anilines is 2. The summed E-state index contributed by atoms with van der Waals surface area (Å²) < 4.78 is 0. The molecule has 130 valence electrons. The van der Waals surface area contributed by atoms with Crippen LogP contribution < -0.4 is 10.6 Å². The molecule has 0 aliphatic heterocycles. The van der Waals surface area contributed by atoms with Crippen LogP contribution in [0, 0.1) is 0 Å². The predicted octanol–water partition coefficient (Wildman–Crippen LogP) is 5.08. The molecule has 2 aliphatic carbocycles. The van der Waals surface area contributed by atoms with Gasteiger partial charge in [-0.1, -0.05) is 23.3 Å². The third kappa shape index (κ3) is 5.66. The fraction of sp³-hybridized carbons (Fsp3) is 0.600. The van der Waals surface area contributed by atoms with Gasteiger partial charge in [0, 0.05) is 19.2 Å². The first-order valence-corrected chi connectivity index (χ1v) is 9.56. The summed E-state index contributed by atoms with van der Waals surface area (Å²) in [6.45, 7) is 1.91. The standard InChI is InChI=1S/C20H30N4/c1-3-7-17(8-4-1)11-13-21-19-15-20(24-16-23-19)22-14-12-18-9-5-2-6-10-18/h7,9,15-16H,1-6,8,10-14H2,(H2,21,22,23,24). The summed E-state index contributed by atoms with van der Waals surface area (Å²) in [6, 6.07) is 2.02. The number of aromatic nitrogens is 2. The van der Waals surface area contributed by atoms with Crippen molar-refractivity contribution in [3.8, 4) is 0 Å². The van der Waals surface area contributed by atoms with Crippen LogP contribution in [0.3, 0.4) is 0 Å². The van der Waals surface area contributed by atoms with Crippen LogP contribution in [0.5, 0.6) is 0 Å². The van der Waals surface area contributed by atoms with Crippen molar-refractivity contribution in [2.24, 2.45) is 0 Å². The zero-order chi connectivity index (χ0) is 16.5. The SMILES string of the molecule is C1=C(CCNc2cc(NCCC3=CCCCC3)ncn2)CCCC1. The summed E-state index contributed by atoms with van der Waals surface area (Å²) >= 11 is 0. The summed E-state index contributed by atoms with van der Waals surface area (Å²) in [7, 11) is 0. The Balaban J connectivity index is 1.40. The van der Waals surface area contributed by atoms with Crippen LogP contribution in [0.4, 0.5) is 11.6 Å². The Labute approximate surface area is 145 Å². The molecule has 3 rings (SSSR count). The van der Waals surface area contributed by atoms with Gasteiger partial charge in [0.2, 0.25) is 0 Å². The molecule has 4 nitrogen and oxygen atoms in total. The number of nitrogens with zero attached hydrogens (tertiary/aromatic N) is 2. The van der Waals surface area contributed by atoms with E-state index in [1.807, 2.05) is 6.07 Å². The molecule has 1 heterocycles. The summed E-state index contributed by atoms with van der Waals surface area (Å²) in [5.74, 6) is 1.83. The second-order valence-electron chi connectivity index (χ2n) is 6.86. The molecule has 0 atom stereocenters. The van der Waals surface area contributed by atoms with Gasteiger partial charge in [0.1, 0.15) is 18.0 Å². The van der Waals surface area contributed by atoms with Gasteiger partial charge in [-0.05, 0) is 64.2 Å². The highest BCUT2D eigenvalue weighted by molar-refractivity contribution is 5.46. The summed E-state index contributed by atoms with van der Waals surface area (Å²) in [5.41, 5.74) is 3.20. The molecular weight excluding hydrogens is 296 g/mol. The fourth-order valence-corrected chi connectivity index (χ4v) is 3.52. The van der Waals surface area contributed by atoms with Crippen LogP contribution in [-0.4, -0.2) is 23.1 Å². The number of nitrogens with one attached hydrogen (secondary N) is 2. The van der Waals surface area contributed by atoms with Crippen LogP contribution in [0.2, 0.25) is 0 Å². The van der Waals surface area contributed by atoms with E-state index in [-0.39, 0.29) is 0 Å². The van der Waals surface area contributed by atoms with Gasteiger partial charge in [-0.15, -0.1) is 0 Å². The van der Waals surface area contributed by atoms with E-state index in [0.717, 1.165) is 37.6 Å². The van der Waals surface area contributed by atoms with Crippen molar-refractivity contribution in [1.29, 1.82) is 0 Å². The third-order valence-electron chi connectivity index (χ3n) is 4.94. The van der Waals surface area contributed by atoms with Crippen LogP contribution in [-0.2, 0) is 0 Å². The van der Waals surface area contributed by atoms with E-state index in [1.54, 1.807) is 17.5 Å². The molecular formula is C20H30N4. The summed E-state index contributed by atoms with van der Waals surface area (Å²) in [4.78, 5) is 8.65. The minimum Gasteiger partial charge on any atom is -0.370 e. The second-order valence-corrected chi connectivity index (χ2v) is 6.86. The van der Waals surface area contributed by atoms with E-state index in [1.165, 1.54) is 51.4 Å². The largest absolute Gasteiger partial charge is 0.370 e. The highest BCUT2D eigenvalue weighted by atomic mass is 15.1. The van der Waals surface area contributed by atoms with Crippen molar-refractivity contribution in [3.05, 3.63) is 35.7 Å². The molecule has 0 fully saturated rings. The molecule has 0 saturated carbocycles. The van der Waals surface area contributed by atoms with Gasteiger partial charge in [-0.25, -0.2) is 9.97 Å². The van der Waals surface area contributed by atoms with Gasteiger partial charge in [-0.3, -0.25) is 0 Å². The molecule has 0 aromatic carbocycles. The molecule has 4 heteroatoms. The number of allylic oxidation sites excluding steroid dienone is 2. The molecule has 0 spiro atoms. The molecule has 0 unspecified atom stereocenters. The Kier molecular flexibility index (Phi) is 6.70. The lowest BCUT2D eigenvalue weighted by Gasteiger charge is -2.14. The minimum absolute atomic E-state index is 0.917. The molecule has 0 saturated heterocycles. The van der Waals surface area contributed by atoms with Gasteiger partial charge < -0.3 is 10.6 Å². The first-order valence-electron chi connectivity index (χ1n) is 9.56. The Morgan fingerprint density at radius 3 is 1.75 bits per heavy atom. The minimum atomic E-state index is 0.917. The van der Waals surface area contributed by atoms with E-state index in [0.29, 0.717) is 0 Å². The number of rotatable bonds is 8. The van der Waals surface area contributed by atoms with Crippen LogP contribution in [0.15, 0.2) is 35.7 Å². The number of hydrogen-bond donors (Lipinski definition) is 2. The van der Waals surface area contributed by atoms with Gasteiger partial charge in [0.15, 0.2) is 0 Å². The molecule has 1 aromatic heterocycles. The lowest BCUT2D eigenvalue weighted by molar-refractivity contribution is 0.679. The van der Waals surface area contributed by atoms with Crippen molar-refractivity contribution in [1.82, 2.24) is 9.97 Å². The Morgan fingerprint density at radius 2 is 1.29 bits per heavy atom. The van der Waals surface area contributed by atoms with Crippen molar-refractivity contribution < 1.29 is 0 Å². The highest BCUT2D eigenvalue weighted by Gasteiger charge is 2.05. The van der Waals surface area contributed by atoms with Crippen LogP contribution in [0.25, 0.3) is 0 Å². The lowest BCUT2D eigenvalue weighted by Crippen LogP contribution is -2.09.